The first-order valence-corrected chi connectivity index (χ1v) is 14.7. The molecule has 1 aliphatic rings. The van der Waals surface area contributed by atoms with Gasteiger partial charge in [-0.3, -0.25) is 9.36 Å². The minimum absolute atomic E-state index is 0.0428. The van der Waals surface area contributed by atoms with Gasteiger partial charge in [-0.05, 0) is 69.7 Å². The Morgan fingerprint density at radius 1 is 1.12 bits per heavy atom. The second-order valence-corrected chi connectivity index (χ2v) is 11.3. The number of fused-ring (bicyclic) bond motifs is 1. The highest BCUT2D eigenvalue weighted by Gasteiger charge is 2.36. The van der Waals surface area contributed by atoms with Crippen LogP contribution in [0.15, 0.2) is 61.9 Å². The number of rotatable bonds is 10. The van der Waals surface area contributed by atoms with E-state index in [-0.39, 0.29) is 18.3 Å². The van der Waals surface area contributed by atoms with Gasteiger partial charge >= 0.3 is 5.97 Å². The van der Waals surface area contributed by atoms with Crippen molar-refractivity contribution in [1.82, 2.24) is 4.57 Å². The van der Waals surface area contributed by atoms with Crippen molar-refractivity contribution in [1.29, 1.82) is 0 Å². The van der Waals surface area contributed by atoms with Gasteiger partial charge in [-0.15, -0.1) is 0 Å². The molecular formula is C30H33BrN2O6S. The summed E-state index contributed by atoms with van der Waals surface area (Å²) in [5.41, 5.74) is 1.98. The largest absolute Gasteiger partial charge is 0.497 e. The summed E-state index contributed by atoms with van der Waals surface area (Å²) in [5.74, 6) is 1.23. The second kappa shape index (κ2) is 12.9. The van der Waals surface area contributed by atoms with Gasteiger partial charge in [0.25, 0.3) is 5.56 Å². The van der Waals surface area contributed by atoms with E-state index < -0.39 is 12.0 Å². The third-order valence-electron chi connectivity index (χ3n) is 6.24. The van der Waals surface area contributed by atoms with Crippen LogP contribution in [0.25, 0.3) is 6.08 Å². The van der Waals surface area contributed by atoms with E-state index in [4.69, 9.17) is 23.9 Å². The number of allylic oxidation sites excluding steroid dienone is 1. The minimum Gasteiger partial charge on any atom is -0.497 e. The molecule has 0 unspecified atom stereocenters. The first-order chi connectivity index (χ1) is 19.2. The predicted octanol–water partition coefficient (Wildman–Crippen LogP) is 5.15. The molecule has 4 rings (SSSR count). The number of aromatic nitrogens is 1. The molecule has 0 saturated carbocycles. The molecule has 0 amide bonds. The summed E-state index contributed by atoms with van der Waals surface area (Å²) in [6.07, 6.45) is 3.06. The molecule has 0 spiro atoms. The van der Waals surface area contributed by atoms with E-state index in [1.54, 1.807) is 50.0 Å². The zero-order valence-corrected chi connectivity index (χ0v) is 25.9. The van der Waals surface area contributed by atoms with Crippen molar-refractivity contribution in [2.75, 3.05) is 20.8 Å². The maximum atomic E-state index is 14.1. The van der Waals surface area contributed by atoms with Crippen LogP contribution in [0.2, 0.25) is 0 Å². The Morgan fingerprint density at radius 2 is 1.88 bits per heavy atom. The van der Waals surface area contributed by atoms with Gasteiger partial charge in [-0.1, -0.05) is 40.6 Å². The molecule has 2 aromatic carbocycles. The van der Waals surface area contributed by atoms with Crippen LogP contribution < -0.4 is 29.1 Å². The number of thiazole rings is 1. The van der Waals surface area contributed by atoms with Gasteiger partial charge in [-0.25, -0.2) is 9.79 Å². The summed E-state index contributed by atoms with van der Waals surface area (Å²) >= 11 is 4.79. The van der Waals surface area contributed by atoms with Crippen LogP contribution in [0, 0.1) is 0 Å². The summed E-state index contributed by atoms with van der Waals surface area (Å²) in [6.45, 7) is 7.87. The maximum Gasteiger partial charge on any atom is 0.338 e. The number of hydrogen-bond donors (Lipinski definition) is 0. The van der Waals surface area contributed by atoms with Crippen molar-refractivity contribution in [3.63, 3.8) is 0 Å². The number of carbonyl (C=O) groups excluding carboxylic acids is 1. The monoisotopic (exact) mass is 628 g/mol. The van der Waals surface area contributed by atoms with E-state index in [9.17, 15) is 9.59 Å². The molecule has 0 N–H and O–H groups in total. The topological polar surface area (TPSA) is 88.4 Å². The van der Waals surface area contributed by atoms with Gasteiger partial charge in [0.05, 0.1) is 42.7 Å². The number of esters is 1. The Balaban J connectivity index is 2.05. The fourth-order valence-electron chi connectivity index (χ4n) is 4.60. The Labute approximate surface area is 245 Å². The number of carbonyl (C=O) groups is 1. The van der Waals surface area contributed by atoms with Crippen molar-refractivity contribution in [3.05, 3.63) is 83.0 Å². The van der Waals surface area contributed by atoms with Gasteiger partial charge in [0.1, 0.15) is 23.3 Å². The highest BCUT2D eigenvalue weighted by Crippen LogP contribution is 2.38. The molecule has 1 aromatic heterocycles. The van der Waals surface area contributed by atoms with E-state index in [1.807, 2.05) is 39.0 Å². The fourth-order valence-corrected chi connectivity index (χ4v) is 5.99. The van der Waals surface area contributed by atoms with Crippen LogP contribution in [-0.4, -0.2) is 37.5 Å². The number of halogens is 1. The van der Waals surface area contributed by atoms with Crippen LogP contribution in [0.4, 0.5) is 0 Å². The first kappa shape index (κ1) is 29.6. The molecular weight excluding hydrogens is 596 g/mol. The van der Waals surface area contributed by atoms with Crippen LogP contribution in [0.1, 0.15) is 57.7 Å². The summed E-state index contributed by atoms with van der Waals surface area (Å²) in [6, 6.07) is 10.2. The molecule has 0 fully saturated rings. The first-order valence-electron chi connectivity index (χ1n) is 13.1. The zero-order chi connectivity index (χ0) is 29.0. The molecule has 0 aliphatic carbocycles. The molecule has 0 saturated heterocycles. The lowest BCUT2D eigenvalue weighted by Crippen LogP contribution is -2.40. The molecule has 1 aliphatic heterocycles. The van der Waals surface area contributed by atoms with Crippen LogP contribution >= 0.6 is 27.3 Å². The number of hydrogen-bond acceptors (Lipinski definition) is 8. The van der Waals surface area contributed by atoms with E-state index in [1.165, 1.54) is 11.3 Å². The standard InChI is InChI=1S/C30H33BrN2O6S/c1-7-9-22-26(29(35)38-8-2)27(21-16-20(36-5)11-13-24(21)37-6)33-28(34)25(40-30(33)32-22)15-18-14-19(31)10-12-23(18)39-17(3)4/h10-17,27H,7-9H2,1-6H3/b25-15-/t27-/m0/s1. The normalized spacial score (nSPS) is 15.1. The predicted molar refractivity (Wildman–Crippen MR) is 159 cm³/mol. The van der Waals surface area contributed by atoms with E-state index in [0.29, 0.717) is 49.8 Å². The summed E-state index contributed by atoms with van der Waals surface area (Å²) in [4.78, 5) is 32.9. The van der Waals surface area contributed by atoms with Gasteiger partial charge in [0.2, 0.25) is 0 Å². The van der Waals surface area contributed by atoms with Gasteiger partial charge in [0.15, 0.2) is 4.80 Å². The van der Waals surface area contributed by atoms with E-state index >= 15 is 0 Å². The lowest BCUT2D eigenvalue weighted by molar-refractivity contribution is -0.139. The van der Waals surface area contributed by atoms with Crippen LogP contribution in [0.5, 0.6) is 17.2 Å². The molecule has 0 radical (unpaired) electrons. The van der Waals surface area contributed by atoms with Crippen molar-refractivity contribution in [2.45, 2.75) is 52.7 Å². The smallest absolute Gasteiger partial charge is 0.338 e. The van der Waals surface area contributed by atoms with Crippen molar-refractivity contribution >= 4 is 39.3 Å². The lowest BCUT2D eigenvalue weighted by Gasteiger charge is -2.27. The van der Waals surface area contributed by atoms with Gasteiger partial charge < -0.3 is 18.9 Å². The number of methoxy groups -OCH3 is 2. The van der Waals surface area contributed by atoms with Crippen LogP contribution in [-0.2, 0) is 9.53 Å². The average Bonchev–Trinajstić information content (AvgIpc) is 3.23. The molecule has 0 bridgehead atoms. The van der Waals surface area contributed by atoms with E-state index in [0.717, 1.165) is 16.5 Å². The zero-order valence-electron chi connectivity index (χ0n) is 23.4. The molecule has 3 aromatic rings. The maximum absolute atomic E-state index is 14.1. The summed E-state index contributed by atoms with van der Waals surface area (Å²) < 4.78 is 25.6. The second-order valence-electron chi connectivity index (χ2n) is 9.37. The van der Waals surface area contributed by atoms with Crippen LogP contribution in [0.3, 0.4) is 0 Å². The van der Waals surface area contributed by atoms with Crippen molar-refractivity contribution < 1.29 is 23.7 Å². The Bertz CT molecular complexity index is 1620. The molecule has 10 heteroatoms. The highest BCUT2D eigenvalue weighted by molar-refractivity contribution is 9.10. The molecule has 2 heterocycles. The lowest BCUT2D eigenvalue weighted by atomic mass is 9.93. The van der Waals surface area contributed by atoms with E-state index in [2.05, 4.69) is 15.9 Å². The number of ether oxygens (including phenoxy) is 4. The molecule has 212 valence electrons. The average molecular weight is 630 g/mol. The molecule has 1 atom stereocenters. The fraction of sp³-hybridized carbons (Fsp3) is 0.367. The highest BCUT2D eigenvalue weighted by atomic mass is 79.9. The quantitative estimate of drug-likeness (QED) is 0.289. The number of benzene rings is 2. The minimum atomic E-state index is -0.821. The van der Waals surface area contributed by atoms with Crippen molar-refractivity contribution in [2.24, 2.45) is 4.99 Å². The Morgan fingerprint density at radius 3 is 2.52 bits per heavy atom. The van der Waals surface area contributed by atoms with Gasteiger partial charge in [0, 0.05) is 15.6 Å². The number of nitrogens with zero attached hydrogens (tertiary/aromatic N) is 2. The van der Waals surface area contributed by atoms with Crippen molar-refractivity contribution in [3.8, 4) is 17.2 Å². The molecule has 8 nitrogen and oxygen atoms in total. The summed E-state index contributed by atoms with van der Waals surface area (Å²) in [5, 5.41) is 0. The summed E-state index contributed by atoms with van der Waals surface area (Å²) in [7, 11) is 3.12. The third-order valence-corrected chi connectivity index (χ3v) is 7.72. The molecule has 40 heavy (non-hydrogen) atoms. The third kappa shape index (κ3) is 6.02. The Hall–Kier alpha value is -3.37. The van der Waals surface area contributed by atoms with Gasteiger partial charge in [-0.2, -0.15) is 0 Å². The Kier molecular flexibility index (Phi) is 9.52. The SMILES string of the molecule is CCCC1=C(C(=O)OCC)[C@H](c2cc(OC)ccc2OC)n2c(s/c(=C\c3cc(Br)ccc3OC(C)C)c2=O)=N1.